The maximum atomic E-state index is 11.4. The average Bonchev–Trinajstić information content (AvgIpc) is 3.11. The summed E-state index contributed by atoms with van der Waals surface area (Å²) in [6, 6.07) is 13.3. The first-order chi connectivity index (χ1) is 13.0. The van der Waals surface area contributed by atoms with Crippen molar-refractivity contribution in [2.45, 2.75) is 13.1 Å². The molecule has 0 atom stereocenters. The summed E-state index contributed by atoms with van der Waals surface area (Å²) in [5.41, 5.74) is 0.685. The average molecular weight is 366 g/mol. The Balaban J connectivity index is 1.67. The third-order valence-corrected chi connectivity index (χ3v) is 4.49. The molecule has 2 heterocycles. The first-order valence-electron chi connectivity index (χ1n) is 8.20. The Morgan fingerprint density at radius 2 is 1.70 bits per heavy atom. The zero-order valence-electron chi connectivity index (χ0n) is 14.1. The van der Waals surface area contributed by atoms with Crippen LogP contribution in [0.1, 0.15) is 5.82 Å². The Bertz CT molecular complexity index is 1030. The minimum Gasteiger partial charge on any atom is -0.357 e. The lowest BCUT2D eigenvalue weighted by molar-refractivity contribution is -0.393. The van der Waals surface area contributed by atoms with Gasteiger partial charge in [0.2, 0.25) is 0 Å². The lowest BCUT2D eigenvalue weighted by Gasteiger charge is -2.29. The summed E-state index contributed by atoms with van der Waals surface area (Å²) in [4.78, 5) is 22.9. The van der Waals surface area contributed by atoms with Crippen LogP contribution in [0.5, 0.6) is 0 Å². The van der Waals surface area contributed by atoms with Crippen LogP contribution in [0.2, 0.25) is 0 Å². The molecule has 1 aliphatic rings. The smallest absolute Gasteiger partial charge is 0.299 e. The molecule has 0 unspecified atom stereocenters. The molecule has 1 aromatic heterocycles. The van der Waals surface area contributed by atoms with Gasteiger partial charge >= 0.3 is 0 Å². The van der Waals surface area contributed by atoms with Gasteiger partial charge in [-0.05, 0) is 6.07 Å². The number of hydrogen-bond acceptors (Lipinski definition) is 7. The molecule has 0 N–H and O–H groups in total. The van der Waals surface area contributed by atoms with E-state index in [-0.39, 0.29) is 11.4 Å². The van der Waals surface area contributed by atoms with E-state index < -0.39 is 9.85 Å². The van der Waals surface area contributed by atoms with Crippen LogP contribution >= 0.6 is 0 Å². The monoisotopic (exact) mass is 366 g/mol. The van der Waals surface area contributed by atoms with E-state index in [4.69, 9.17) is 0 Å². The molecule has 0 saturated heterocycles. The molecule has 0 aliphatic carbocycles. The third-order valence-electron chi connectivity index (χ3n) is 4.49. The van der Waals surface area contributed by atoms with E-state index in [1.165, 1.54) is 12.1 Å². The highest BCUT2D eigenvalue weighted by atomic mass is 16.6. The Labute approximate surface area is 153 Å². The van der Waals surface area contributed by atoms with Gasteiger partial charge in [-0.2, -0.15) is 0 Å². The van der Waals surface area contributed by atoms with Crippen molar-refractivity contribution in [2.75, 3.05) is 11.4 Å². The maximum absolute atomic E-state index is 11.4. The largest absolute Gasteiger partial charge is 0.357 e. The van der Waals surface area contributed by atoms with Crippen molar-refractivity contribution >= 4 is 17.1 Å². The molecule has 136 valence electrons. The molecule has 27 heavy (non-hydrogen) atoms. The molecular weight excluding hydrogens is 352 g/mol. The van der Waals surface area contributed by atoms with Gasteiger partial charge in [0.25, 0.3) is 11.4 Å². The molecule has 10 nitrogen and oxygen atoms in total. The zero-order valence-corrected chi connectivity index (χ0v) is 14.1. The number of fused-ring (bicyclic) bond motifs is 1. The van der Waals surface area contributed by atoms with Crippen LogP contribution in [0, 0.1) is 20.2 Å². The molecule has 10 heteroatoms. The lowest BCUT2D eigenvalue weighted by atomic mass is 10.2. The Morgan fingerprint density at radius 3 is 2.41 bits per heavy atom. The van der Waals surface area contributed by atoms with Gasteiger partial charge in [0.15, 0.2) is 11.6 Å². The fraction of sp³-hybridized carbons (Fsp3) is 0.176. The number of nitrogens with zero attached hydrogens (tertiary/aromatic N) is 6. The number of non-ortho nitro benzene ring substituents is 1. The fourth-order valence-corrected chi connectivity index (χ4v) is 3.20. The van der Waals surface area contributed by atoms with Gasteiger partial charge in [-0.3, -0.25) is 20.2 Å². The normalized spacial score (nSPS) is 13.3. The molecule has 1 aliphatic heterocycles. The quantitative estimate of drug-likeness (QED) is 0.514. The predicted octanol–water partition coefficient (Wildman–Crippen LogP) is 2.78. The summed E-state index contributed by atoms with van der Waals surface area (Å²) in [5.74, 6) is 1.44. The molecule has 3 aromatic rings. The van der Waals surface area contributed by atoms with E-state index >= 15 is 0 Å². The van der Waals surface area contributed by atoms with Crippen LogP contribution in [-0.4, -0.2) is 31.2 Å². The summed E-state index contributed by atoms with van der Waals surface area (Å²) in [6.45, 7) is 1.39. The Hall–Kier alpha value is -3.82. The van der Waals surface area contributed by atoms with Crippen LogP contribution in [0.15, 0.2) is 48.5 Å². The van der Waals surface area contributed by atoms with Crippen molar-refractivity contribution in [1.82, 2.24) is 14.8 Å². The lowest BCUT2D eigenvalue weighted by Crippen LogP contribution is -2.34. The van der Waals surface area contributed by atoms with Gasteiger partial charge in [0.05, 0.1) is 22.5 Å². The van der Waals surface area contributed by atoms with Gasteiger partial charge < -0.3 is 9.47 Å². The van der Waals surface area contributed by atoms with E-state index in [2.05, 4.69) is 10.2 Å². The number of hydrogen-bond donors (Lipinski definition) is 0. The minimum atomic E-state index is -0.643. The molecule has 2 aromatic carbocycles. The van der Waals surface area contributed by atoms with E-state index in [1.54, 1.807) is 4.90 Å². The van der Waals surface area contributed by atoms with Crippen molar-refractivity contribution in [2.24, 2.45) is 0 Å². The highest BCUT2D eigenvalue weighted by Gasteiger charge is 2.28. The summed E-state index contributed by atoms with van der Waals surface area (Å²) in [7, 11) is 0. The van der Waals surface area contributed by atoms with Crippen LogP contribution in [0.25, 0.3) is 11.4 Å². The van der Waals surface area contributed by atoms with Gasteiger partial charge in [-0.1, -0.05) is 30.3 Å². The summed E-state index contributed by atoms with van der Waals surface area (Å²) in [5, 5.41) is 30.8. The Morgan fingerprint density at radius 1 is 0.926 bits per heavy atom. The number of rotatable bonds is 4. The van der Waals surface area contributed by atoms with Gasteiger partial charge in [0, 0.05) is 24.7 Å². The van der Waals surface area contributed by atoms with Crippen molar-refractivity contribution in [3.05, 3.63) is 74.6 Å². The van der Waals surface area contributed by atoms with Crippen LogP contribution in [0.3, 0.4) is 0 Å². The second-order valence-corrected chi connectivity index (χ2v) is 6.07. The molecule has 0 amide bonds. The molecule has 0 bridgehead atoms. The number of nitro benzene ring substituents is 2. The van der Waals surface area contributed by atoms with Crippen molar-refractivity contribution in [1.29, 1.82) is 0 Å². The van der Waals surface area contributed by atoms with E-state index in [9.17, 15) is 20.2 Å². The topological polar surface area (TPSA) is 120 Å². The van der Waals surface area contributed by atoms with Crippen molar-refractivity contribution in [3.63, 3.8) is 0 Å². The molecule has 4 rings (SSSR count). The number of aromatic nitrogens is 3. The molecule has 0 saturated carbocycles. The van der Waals surface area contributed by atoms with E-state index in [1.807, 2.05) is 34.9 Å². The first-order valence-corrected chi connectivity index (χ1v) is 8.20. The predicted molar refractivity (Wildman–Crippen MR) is 96.3 cm³/mol. The van der Waals surface area contributed by atoms with E-state index in [0.29, 0.717) is 31.1 Å². The number of nitro groups is 2. The van der Waals surface area contributed by atoms with Crippen molar-refractivity contribution < 1.29 is 9.85 Å². The van der Waals surface area contributed by atoms with Crippen LogP contribution in [-0.2, 0) is 13.1 Å². The third kappa shape index (κ3) is 2.97. The molecule has 0 fully saturated rings. The number of benzene rings is 2. The summed E-state index contributed by atoms with van der Waals surface area (Å²) >= 11 is 0. The highest BCUT2D eigenvalue weighted by molar-refractivity contribution is 5.67. The fourth-order valence-electron chi connectivity index (χ4n) is 3.20. The maximum Gasteiger partial charge on any atom is 0.299 e. The molecular formula is C17H14N6O4. The second kappa shape index (κ2) is 6.48. The standard InChI is InChI=1S/C17H14N6O4/c24-22(25)13-6-7-14(15(10-13)23(26)27)20-8-9-21-16(11-20)18-19-17(21)12-4-2-1-3-5-12/h1-7,10H,8-9,11H2. The first kappa shape index (κ1) is 16.6. The summed E-state index contributed by atoms with van der Waals surface area (Å²) < 4.78 is 1.99. The summed E-state index contributed by atoms with van der Waals surface area (Å²) in [6.07, 6.45) is 0. The van der Waals surface area contributed by atoms with Gasteiger partial charge in [0.1, 0.15) is 5.69 Å². The van der Waals surface area contributed by atoms with Gasteiger partial charge in [-0.15, -0.1) is 10.2 Å². The SMILES string of the molecule is O=[N+]([O-])c1ccc(N2CCn3c(nnc3-c3ccccc3)C2)c([N+](=O)[O-])c1. The number of anilines is 1. The zero-order chi connectivity index (χ0) is 19.0. The minimum absolute atomic E-state index is 0.291. The van der Waals surface area contributed by atoms with Crippen LogP contribution < -0.4 is 4.90 Å². The molecule has 0 spiro atoms. The van der Waals surface area contributed by atoms with E-state index in [0.717, 1.165) is 17.5 Å². The van der Waals surface area contributed by atoms with Crippen molar-refractivity contribution in [3.8, 4) is 11.4 Å². The highest BCUT2D eigenvalue weighted by Crippen LogP contribution is 2.34. The van der Waals surface area contributed by atoms with Crippen LogP contribution in [0.4, 0.5) is 17.1 Å². The Kier molecular flexibility index (Phi) is 3.99. The van der Waals surface area contributed by atoms with Gasteiger partial charge in [-0.25, -0.2) is 0 Å². The second-order valence-electron chi connectivity index (χ2n) is 6.07. The molecule has 0 radical (unpaired) electrons.